The minimum Gasteiger partial charge on any atom is -0.506 e. The molecular weight excluding hydrogens is 242 g/mol. The first kappa shape index (κ1) is 13.4. The monoisotopic (exact) mass is 261 g/mol. The first-order valence-corrected chi connectivity index (χ1v) is 6.24. The highest BCUT2D eigenvalue weighted by Gasteiger charge is 2.21. The quantitative estimate of drug-likeness (QED) is 0.884. The number of nitrogens with two attached hydrogens (primary N) is 1. The molecule has 0 spiro atoms. The van der Waals surface area contributed by atoms with Crippen LogP contribution < -0.4 is 10.5 Å². The Morgan fingerprint density at radius 3 is 2.58 bits per heavy atom. The molecule has 5 heteroatoms. The molecule has 0 atom stereocenters. The van der Waals surface area contributed by atoms with Crippen LogP contribution in [0.3, 0.4) is 0 Å². The van der Waals surface area contributed by atoms with Crippen molar-refractivity contribution in [1.82, 2.24) is 9.78 Å². The fraction of sp³-hybridized carbons (Fsp3) is 0.357. The summed E-state index contributed by atoms with van der Waals surface area (Å²) in [7, 11) is 1.58. The van der Waals surface area contributed by atoms with E-state index in [-0.39, 0.29) is 11.7 Å². The van der Waals surface area contributed by atoms with Crippen LogP contribution in [0.25, 0.3) is 5.69 Å². The van der Waals surface area contributed by atoms with Crippen molar-refractivity contribution in [2.45, 2.75) is 26.3 Å². The summed E-state index contributed by atoms with van der Waals surface area (Å²) in [4.78, 5) is 0. The summed E-state index contributed by atoms with van der Waals surface area (Å²) < 4.78 is 7.02. The van der Waals surface area contributed by atoms with Gasteiger partial charge in [0, 0.05) is 6.54 Å². The van der Waals surface area contributed by atoms with Crippen LogP contribution in [0.15, 0.2) is 24.3 Å². The molecule has 0 unspecified atom stereocenters. The van der Waals surface area contributed by atoms with E-state index >= 15 is 0 Å². The average molecular weight is 261 g/mol. The molecule has 19 heavy (non-hydrogen) atoms. The molecule has 0 bridgehead atoms. The molecule has 1 heterocycles. The highest BCUT2D eigenvalue weighted by Crippen LogP contribution is 2.32. The molecule has 3 N–H and O–H groups in total. The van der Waals surface area contributed by atoms with Crippen molar-refractivity contribution in [3.63, 3.8) is 0 Å². The standard InChI is InChI=1S/C14H19N3O2/c1-9(2)13-10(8-15)14(19-3)17(16-13)11-6-4-5-7-12(11)18/h4-7,9,18H,8,15H2,1-3H3. The van der Waals surface area contributed by atoms with Gasteiger partial charge < -0.3 is 15.6 Å². The lowest BCUT2D eigenvalue weighted by Crippen LogP contribution is -2.03. The van der Waals surface area contributed by atoms with Crippen LogP contribution in [-0.4, -0.2) is 22.0 Å². The van der Waals surface area contributed by atoms with E-state index in [0.29, 0.717) is 18.1 Å². The third-order valence-corrected chi connectivity index (χ3v) is 3.02. The number of rotatable bonds is 4. The van der Waals surface area contributed by atoms with Crippen LogP contribution in [0.1, 0.15) is 31.0 Å². The molecule has 0 saturated heterocycles. The SMILES string of the molecule is COc1c(CN)c(C(C)C)nn1-c1ccccc1O. The van der Waals surface area contributed by atoms with Crippen molar-refractivity contribution in [3.8, 4) is 17.3 Å². The number of benzene rings is 1. The first-order chi connectivity index (χ1) is 9.10. The number of nitrogens with zero attached hydrogens (tertiary/aromatic N) is 2. The molecule has 2 rings (SSSR count). The van der Waals surface area contributed by atoms with Crippen molar-refractivity contribution in [2.24, 2.45) is 5.73 Å². The molecule has 0 fully saturated rings. The van der Waals surface area contributed by atoms with Gasteiger partial charge in [0.2, 0.25) is 5.88 Å². The van der Waals surface area contributed by atoms with Crippen LogP contribution in [0, 0.1) is 0 Å². The number of phenols is 1. The Labute approximate surface area is 112 Å². The van der Waals surface area contributed by atoms with Crippen molar-refractivity contribution in [3.05, 3.63) is 35.5 Å². The van der Waals surface area contributed by atoms with Crippen molar-refractivity contribution < 1.29 is 9.84 Å². The Kier molecular flexibility index (Phi) is 3.76. The maximum Gasteiger partial charge on any atom is 0.221 e. The van der Waals surface area contributed by atoms with Gasteiger partial charge >= 0.3 is 0 Å². The molecule has 5 nitrogen and oxygen atoms in total. The van der Waals surface area contributed by atoms with Gasteiger partial charge in [0.25, 0.3) is 0 Å². The second-order valence-corrected chi connectivity index (χ2v) is 4.63. The molecule has 102 valence electrons. The predicted octanol–water partition coefficient (Wildman–Crippen LogP) is 2.17. The Bertz CT molecular complexity index is 576. The zero-order valence-corrected chi connectivity index (χ0v) is 11.4. The lowest BCUT2D eigenvalue weighted by molar-refractivity contribution is 0.376. The Hall–Kier alpha value is -2.01. The zero-order valence-electron chi connectivity index (χ0n) is 11.4. The van der Waals surface area contributed by atoms with Gasteiger partial charge in [-0.1, -0.05) is 26.0 Å². The minimum absolute atomic E-state index is 0.155. The van der Waals surface area contributed by atoms with Crippen LogP contribution in [0.2, 0.25) is 0 Å². The van der Waals surface area contributed by atoms with Gasteiger partial charge in [-0.3, -0.25) is 0 Å². The van der Waals surface area contributed by atoms with Crippen LogP contribution in [0.5, 0.6) is 11.6 Å². The van der Waals surface area contributed by atoms with E-state index in [1.165, 1.54) is 0 Å². The van der Waals surface area contributed by atoms with Crippen molar-refractivity contribution in [1.29, 1.82) is 0 Å². The normalized spacial score (nSPS) is 11.0. The molecule has 0 amide bonds. The number of para-hydroxylation sites is 2. The molecule has 0 aliphatic carbocycles. The van der Waals surface area contributed by atoms with E-state index in [1.54, 1.807) is 30.0 Å². The smallest absolute Gasteiger partial charge is 0.221 e. The third kappa shape index (κ3) is 2.29. The molecular formula is C14H19N3O2. The van der Waals surface area contributed by atoms with E-state index in [4.69, 9.17) is 10.5 Å². The zero-order chi connectivity index (χ0) is 14.0. The van der Waals surface area contributed by atoms with Crippen LogP contribution in [-0.2, 0) is 6.54 Å². The summed E-state index contributed by atoms with van der Waals surface area (Å²) >= 11 is 0. The molecule has 0 saturated carbocycles. The van der Waals surface area contributed by atoms with Crippen molar-refractivity contribution >= 4 is 0 Å². The number of ether oxygens (including phenoxy) is 1. The number of aromatic hydroxyl groups is 1. The topological polar surface area (TPSA) is 73.3 Å². The number of phenolic OH excluding ortho intramolecular Hbond substituents is 1. The fourth-order valence-corrected chi connectivity index (χ4v) is 2.12. The lowest BCUT2D eigenvalue weighted by atomic mass is 10.1. The molecule has 2 aromatic rings. The summed E-state index contributed by atoms with van der Waals surface area (Å²) in [5, 5.41) is 14.5. The molecule has 0 aliphatic rings. The lowest BCUT2D eigenvalue weighted by Gasteiger charge is -2.08. The Morgan fingerprint density at radius 2 is 2.05 bits per heavy atom. The summed E-state index contributed by atoms with van der Waals surface area (Å²) in [6.07, 6.45) is 0. The average Bonchev–Trinajstić information content (AvgIpc) is 2.77. The maximum atomic E-state index is 9.95. The van der Waals surface area contributed by atoms with Gasteiger partial charge in [-0.05, 0) is 18.1 Å². The van der Waals surface area contributed by atoms with Gasteiger partial charge in [-0.15, -0.1) is 0 Å². The third-order valence-electron chi connectivity index (χ3n) is 3.02. The van der Waals surface area contributed by atoms with Crippen LogP contribution in [0.4, 0.5) is 0 Å². The molecule has 1 aromatic heterocycles. The highest BCUT2D eigenvalue weighted by atomic mass is 16.5. The Morgan fingerprint density at radius 1 is 1.37 bits per heavy atom. The van der Waals surface area contributed by atoms with Gasteiger partial charge in [0.05, 0.1) is 18.4 Å². The number of methoxy groups -OCH3 is 1. The minimum atomic E-state index is 0.155. The fourth-order valence-electron chi connectivity index (χ4n) is 2.12. The first-order valence-electron chi connectivity index (χ1n) is 6.24. The van der Waals surface area contributed by atoms with Gasteiger partial charge in [-0.2, -0.15) is 9.78 Å². The van der Waals surface area contributed by atoms with E-state index < -0.39 is 0 Å². The summed E-state index contributed by atoms with van der Waals surface area (Å²) in [5.74, 6) is 0.967. The summed E-state index contributed by atoms with van der Waals surface area (Å²) in [6, 6.07) is 7.01. The van der Waals surface area contributed by atoms with Crippen LogP contribution >= 0.6 is 0 Å². The van der Waals surface area contributed by atoms with E-state index in [2.05, 4.69) is 18.9 Å². The van der Waals surface area contributed by atoms with Gasteiger partial charge in [-0.25, -0.2) is 0 Å². The maximum absolute atomic E-state index is 9.95. The van der Waals surface area contributed by atoms with Gasteiger partial charge in [0.15, 0.2) is 0 Å². The van der Waals surface area contributed by atoms with E-state index in [1.807, 2.05) is 6.07 Å². The number of hydrogen-bond acceptors (Lipinski definition) is 4. The Balaban J connectivity index is 2.67. The van der Waals surface area contributed by atoms with E-state index in [0.717, 1.165) is 11.3 Å². The second kappa shape index (κ2) is 5.32. The predicted molar refractivity (Wildman–Crippen MR) is 73.8 cm³/mol. The number of hydrogen-bond donors (Lipinski definition) is 2. The van der Waals surface area contributed by atoms with E-state index in [9.17, 15) is 5.11 Å². The van der Waals surface area contributed by atoms with Gasteiger partial charge in [0.1, 0.15) is 11.4 Å². The number of aromatic nitrogens is 2. The molecule has 0 aliphatic heterocycles. The highest BCUT2D eigenvalue weighted by molar-refractivity contribution is 5.49. The summed E-state index contributed by atoms with van der Waals surface area (Å²) in [5.41, 5.74) is 8.15. The largest absolute Gasteiger partial charge is 0.506 e. The summed E-state index contributed by atoms with van der Waals surface area (Å²) in [6.45, 7) is 4.45. The molecule has 1 aromatic carbocycles. The van der Waals surface area contributed by atoms with Crippen molar-refractivity contribution in [2.75, 3.05) is 7.11 Å². The second-order valence-electron chi connectivity index (χ2n) is 4.63. The molecule has 0 radical (unpaired) electrons.